The van der Waals surface area contributed by atoms with E-state index in [2.05, 4.69) is 10.6 Å². The largest absolute Gasteiger partial charge is 0.488 e. The van der Waals surface area contributed by atoms with Crippen molar-refractivity contribution < 1.29 is 13.9 Å². The van der Waals surface area contributed by atoms with Gasteiger partial charge in [0.15, 0.2) is 0 Å². The molecule has 2 N–H and O–H groups in total. The van der Waals surface area contributed by atoms with Crippen LogP contribution in [0.5, 0.6) is 5.75 Å². The Morgan fingerprint density at radius 2 is 2.08 bits per heavy atom. The van der Waals surface area contributed by atoms with Gasteiger partial charge in [0.05, 0.1) is 13.1 Å². The summed E-state index contributed by atoms with van der Waals surface area (Å²) in [6.07, 6.45) is 0.747. The summed E-state index contributed by atoms with van der Waals surface area (Å²) in [4.78, 5) is 12.2. The SMILES string of the molecule is CC(C)(NCC(=O)NCC1Cc2ccccc2O1)c1ccc(F)cc1Cl. The minimum absolute atomic E-state index is 0.0455. The Bertz CT molecular complexity index is 785. The van der Waals surface area contributed by atoms with Gasteiger partial charge in [0, 0.05) is 17.0 Å². The van der Waals surface area contributed by atoms with Crippen LogP contribution in [0.1, 0.15) is 25.0 Å². The van der Waals surface area contributed by atoms with Crippen LogP contribution in [0.25, 0.3) is 0 Å². The molecule has 0 spiro atoms. The lowest BCUT2D eigenvalue weighted by Gasteiger charge is -2.28. The monoisotopic (exact) mass is 376 g/mol. The van der Waals surface area contributed by atoms with E-state index in [9.17, 15) is 9.18 Å². The zero-order valence-corrected chi connectivity index (χ0v) is 15.6. The Morgan fingerprint density at radius 3 is 2.81 bits per heavy atom. The van der Waals surface area contributed by atoms with Crippen molar-refractivity contribution in [3.05, 3.63) is 64.4 Å². The first-order chi connectivity index (χ1) is 12.3. The van der Waals surface area contributed by atoms with E-state index in [1.165, 1.54) is 12.1 Å². The maximum Gasteiger partial charge on any atom is 0.234 e. The number of fused-ring (bicyclic) bond motifs is 1. The predicted octanol–water partition coefficient (Wildman–Crippen LogP) is 3.42. The highest BCUT2D eigenvalue weighted by molar-refractivity contribution is 6.31. The van der Waals surface area contributed by atoms with Crippen molar-refractivity contribution in [2.75, 3.05) is 13.1 Å². The predicted molar refractivity (Wildman–Crippen MR) is 100 cm³/mol. The van der Waals surface area contributed by atoms with Crippen LogP contribution in [0.3, 0.4) is 0 Å². The van der Waals surface area contributed by atoms with E-state index >= 15 is 0 Å². The van der Waals surface area contributed by atoms with E-state index in [0.717, 1.165) is 23.3 Å². The minimum atomic E-state index is -0.567. The topological polar surface area (TPSA) is 50.4 Å². The quantitative estimate of drug-likeness (QED) is 0.812. The lowest BCUT2D eigenvalue weighted by Crippen LogP contribution is -2.45. The van der Waals surface area contributed by atoms with Gasteiger partial charge in [0.1, 0.15) is 17.7 Å². The average Bonchev–Trinajstić information content (AvgIpc) is 3.01. The highest BCUT2D eigenvalue weighted by Gasteiger charge is 2.25. The number of carbonyl (C=O) groups is 1. The fourth-order valence-electron chi connectivity index (χ4n) is 3.05. The smallest absolute Gasteiger partial charge is 0.234 e. The standard InChI is InChI=1S/C20H22ClFN2O2/c1-20(2,16-8-7-14(22)10-17(16)21)24-12-19(25)23-11-15-9-13-5-3-4-6-18(13)26-15/h3-8,10,15,24H,9,11-12H2,1-2H3,(H,23,25). The molecule has 1 unspecified atom stereocenters. The molecule has 4 nitrogen and oxygen atoms in total. The van der Waals surface area contributed by atoms with Gasteiger partial charge in [-0.15, -0.1) is 0 Å². The number of amides is 1. The highest BCUT2D eigenvalue weighted by Crippen LogP contribution is 2.29. The molecule has 6 heteroatoms. The van der Waals surface area contributed by atoms with Crippen LogP contribution >= 0.6 is 11.6 Å². The third-order valence-electron chi connectivity index (χ3n) is 4.54. The van der Waals surface area contributed by atoms with E-state index in [4.69, 9.17) is 16.3 Å². The summed E-state index contributed by atoms with van der Waals surface area (Å²) in [6.45, 7) is 4.37. The Balaban J connectivity index is 1.48. The van der Waals surface area contributed by atoms with Crippen LogP contribution in [0.15, 0.2) is 42.5 Å². The van der Waals surface area contributed by atoms with Gasteiger partial charge in [-0.05, 0) is 43.2 Å². The third-order valence-corrected chi connectivity index (χ3v) is 4.85. The number of para-hydroxylation sites is 1. The van der Waals surface area contributed by atoms with Crippen LogP contribution in [-0.4, -0.2) is 25.1 Å². The summed E-state index contributed by atoms with van der Waals surface area (Å²) in [5, 5.41) is 6.39. The first kappa shape index (κ1) is 18.7. The number of rotatable bonds is 6. The molecule has 138 valence electrons. The summed E-state index contributed by atoms with van der Waals surface area (Å²) >= 11 is 6.12. The van der Waals surface area contributed by atoms with Crippen molar-refractivity contribution in [2.45, 2.75) is 31.9 Å². The van der Waals surface area contributed by atoms with Crippen molar-refractivity contribution in [3.63, 3.8) is 0 Å². The van der Waals surface area contributed by atoms with Crippen LogP contribution in [0.4, 0.5) is 4.39 Å². The molecule has 1 amide bonds. The molecule has 2 aromatic rings. The molecule has 3 rings (SSSR count). The summed E-state index contributed by atoms with van der Waals surface area (Å²) < 4.78 is 19.0. The molecular formula is C20H22ClFN2O2. The number of hydrogen-bond acceptors (Lipinski definition) is 3. The molecule has 0 bridgehead atoms. The van der Waals surface area contributed by atoms with Crippen LogP contribution in [-0.2, 0) is 16.8 Å². The normalized spacial score (nSPS) is 16.1. The molecule has 0 saturated heterocycles. The lowest BCUT2D eigenvalue weighted by molar-refractivity contribution is -0.120. The second-order valence-corrected chi connectivity index (χ2v) is 7.37. The summed E-state index contributed by atoms with van der Waals surface area (Å²) in [5.74, 6) is 0.373. The van der Waals surface area contributed by atoms with Gasteiger partial charge in [-0.2, -0.15) is 0 Å². The number of halogens is 2. The van der Waals surface area contributed by atoms with Crippen LogP contribution < -0.4 is 15.4 Å². The molecule has 1 heterocycles. The van der Waals surface area contributed by atoms with Crippen LogP contribution in [0, 0.1) is 5.82 Å². The second-order valence-electron chi connectivity index (χ2n) is 6.96. The molecule has 2 aromatic carbocycles. The number of hydrogen-bond donors (Lipinski definition) is 2. The lowest BCUT2D eigenvalue weighted by atomic mass is 9.94. The Hall–Kier alpha value is -2.11. The van der Waals surface area contributed by atoms with Gasteiger partial charge in [-0.25, -0.2) is 4.39 Å². The zero-order chi connectivity index (χ0) is 18.7. The molecule has 0 radical (unpaired) electrons. The van der Waals surface area contributed by atoms with E-state index in [1.54, 1.807) is 6.07 Å². The summed E-state index contributed by atoms with van der Waals surface area (Å²) in [5.41, 5.74) is 1.34. The maximum atomic E-state index is 13.2. The minimum Gasteiger partial charge on any atom is -0.488 e. The Kier molecular flexibility index (Phi) is 5.49. The molecule has 0 fully saturated rings. The highest BCUT2D eigenvalue weighted by atomic mass is 35.5. The zero-order valence-electron chi connectivity index (χ0n) is 14.8. The van der Waals surface area contributed by atoms with Gasteiger partial charge < -0.3 is 10.1 Å². The van der Waals surface area contributed by atoms with E-state index in [-0.39, 0.29) is 24.4 Å². The van der Waals surface area contributed by atoms with Crippen molar-refractivity contribution in [3.8, 4) is 5.75 Å². The summed E-state index contributed by atoms with van der Waals surface area (Å²) in [7, 11) is 0. The molecule has 1 aliphatic rings. The molecule has 1 aliphatic heterocycles. The number of benzene rings is 2. The molecule has 0 aliphatic carbocycles. The van der Waals surface area contributed by atoms with Crippen molar-refractivity contribution in [1.82, 2.24) is 10.6 Å². The van der Waals surface area contributed by atoms with Gasteiger partial charge >= 0.3 is 0 Å². The van der Waals surface area contributed by atoms with Gasteiger partial charge in [0.2, 0.25) is 5.91 Å². The summed E-state index contributed by atoms with van der Waals surface area (Å²) in [6, 6.07) is 12.2. The van der Waals surface area contributed by atoms with Crippen molar-refractivity contribution in [2.24, 2.45) is 0 Å². The first-order valence-electron chi connectivity index (χ1n) is 8.57. The second kappa shape index (κ2) is 7.64. The Morgan fingerprint density at radius 1 is 1.31 bits per heavy atom. The van der Waals surface area contributed by atoms with Gasteiger partial charge in [-0.3, -0.25) is 10.1 Å². The van der Waals surface area contributed by atoms with Crippen LogP contribution in [0.2, 0.25) is 5.02 Å². The van der Waals surface area contributed by atoms with Gasteiger partial charge in [0.25, 0.3) is 0 Å². The molecule has 0 saturated carbocycles. The van der Waals surface area contributed by atoms with E-state index in [0.29, 0.717) is 11.6 Å². The van der Waals surface area contributed by atoms with E-state index in [1.807, 2.05) is 38.1 Å². The van der Waals surface area contributed by atoms with E-state index < -0.39 is 5.54 Å². The molecule has 0 aromatic heterocycles. The number of ether oxygens (including phenoxy) is 1. The number of carbonyl (C=O) groups excluding carboxylic acids is 1. The molecular weight excluding hydrogens is 355 g/mol. The average molecular weight is 377 g/mol. The third kappa shape index (κ3) is 4.34. The Labute approximate surface area is 157 Å². The molecule has 26 heavy (non-hydrogen) atoms. The first-order valence-corrected chi connectivity index (χ1v) is 8.95. The maximum absolute atomic E-state index is 13.2. The number of nitrogens with one attached hydrogen (secondary N) is 2. The van der Waals surface area contributed by atoms with Gasteiger partial charge in [-0.1, -0.05) is 35.9 Å². The van der Waals surface area contributed by atoms with Crippen molar-refractivity contribution >= 4 is 17.5 Å². The fourth-order valence-corrected chi connectivity index (χ4v) is 3.45. The fraction of sp³-hybridized carbons (Fsp3) is 0.350. The van der Waals surface area contributed by atoms with Crippen molar-refractivity contribution in [1.29, 1.82) is 0 Å². The molecule has 1 atom stereocenters.